The summed E-state index contributed by atoms with van der Waals surface area (Å²) in [6.07, 6.45) is 0. The average Bonchev–Trinajstić information content (AvgIpc) is 3.00. The SMILES string of the molecule is Cc1ccc(NC(=O)c2csc(CN3CCOCC3)n2)c(Br)c1. The van der Waals surface area contributed by atoms with Gasteiger partial charge in [0, 0.05) is 22.9 Å². The molecule has 1 N–H and O–H groups in total. The molecule has 3 rings (SSSR count). The maximum Gasteiger partial charge on any atom is 0.275 e. The number of nitrogens with one attached hydrogen (secondary N) is 1. The van der Waals surface area contributed by atoms with Crippen molar-refractivity contribution in [1.82, 2.24) is 9.88 Å². The number of amides is 1. The third-order valence-corrected chi connectivity index (χ3v) is 5.11. The summed E-state index contributed by atoms with van der Waals surface area (Å²) in [4.78, 5) is 19.1. The van der Waals surface area contributed by atoms with Crippen LogP contribution in [0.1, 0.15) is 21.1 Å². The minimum Gasteiger partial charge on any atom is -0.379 e. The number of aryl methyl sites for hydroxylation is 1. The molecule has 0 radical (unpaired) electrons. The topological polar surface area (TPSA) is 54.5 Å². The first kappa shape index (κ1) is 16.6. The van der Waals surface area contributed by atoms with Gasteiger partial charge in [-0.05, 0) is 40.5 Å². The lowest BCUT2D eigenvalue weighted by Gasteiger charge is -2.25. The smallest absolute Gasteiger partial charge is 0.275 e. The van der Waals surface area contributed by atoms with Crippen molar-refractivity contribution in [3.05, 3.63) is 44.3 Å². The molecule has 2 aromatic rings. The molecule has 0 saturated carbocycles. The lowest BCUT2D eigenvalue weighted by Crippen LogP contribution is -2.35. The van der Waals surface area contributed by atoms with Crippen molar-refractivity contribution >= 4 is 38.9 Å². The monoisotopic (exact) mass is 395 g/mol. The van der Waals surface area contributed by atoms with E-state index >= 15 is 0 Å². The number of ether oxygens (including phenoxy) is 1. The van der Waals surface area contributed by atoms with E-state index in [0.29, 0.717) is 5.69 Å². The van der Waals surface area contributed by atoms with E-state index in [1.54, 1.807) is 0 Å². The van der Waals surface area contributed by atoms with Crippen molar-refractivity contribution in [2.75, 3.05) is 31.6 Å². The van der Waals surface area contributed by atoms with Gasteiger partial charge in [-0.2, -0.15) is 0 Å². The Balaban J connectivity index is 1.63. The Bertz CT molecular complexity index is 698. The van der Waals surface area contributed by atoms with Crippen molar-refractivity contribution in [3.8, 4) is 0 Å². The fourth-order valence-corrected chi connectivity index (χ4v) is 3.75. The number of anilines is 1. The van der Waals surface area contributed by atoms with E-state index in [1.807, 2.05) is 30.5 Å². The van der Waals surface area contributed by atoms with E-state index < -0.39 is 0 Å². The van der Waals surface area contributed by atoms with E-state index in [9.17, 15) is 4.79 Å². The van der Waals surface area contributed by atoms with E-state index in [1.165, 1.54) is 11.3 Å². The third-order valence-electron chi connectivity index (χ3n) is 3.62. The molecule has 1 aliphatic rings. The van der Waals surface area contributed by atoms with Crippen molar-refractivity contribution in [3.63, 3.8) is 0 Å². The summed E-state index contributed by atoms with van der Waals surface area (Å²) in [7, 11) is 0. The number of carbonyl (C=O) groups is 1. The highest BCUT2D eigenvalue weighted by Crippen LogP contribution is 2.24. The predicted octanol–water partition coefficient (Wildman–Crippen LogP) is 3.30. The van der Waals surface area contributed by atoms with Gasteiger partial charge in [0.25, 0.3) is 5.91 Å². The molecule has 0 atom stereocenters. The largest absolute Gasteiger partial charge is 0.379 e. The molecule has 0 aliphatic carbocycles. The molecule has 5 nitrogen and oxygen atoms in total. The molecular formula is C16H18BrN3O2S. The molecule has 1 fully saturated rings. The van der Waals surface area contributed by atoms with E-state index in [2.05, 4.69) is 31.1 Å². The summed E-state index contributed by atoms with van der Waals surface area (Å²) in [5, 5.41) is 5.67. The number of aromatic nitrogens is 1. The van der Waals surface area contributed by atoms with Gasteiger partial charge in [-0.15, -0.1) is 11.3 Å². The maximum atomic E-state index is 12.3. The molecule has 2 heterocycles. The van der Waals surface area contributed by atoms with Gasteiger partial charge >= 0.3 is 0 Å². The van der Waals surface area contributed by atoms with Gasteiger partial charge in [0.2, 0.25) is 0 Å². The number of benzene rings is 1. The van der Waals surface area contributed by atoms with Gasteiger partial charge in [-0.3, -0.25) is 9.69 Å². The van der Waals surface area contributed by atoms with Crippen LogP contribution in [0.25, 0.3) is 0 Å². The summed E-state index contributed by atoms with van der Waals surface area (Å²) in [6, 6.07) is 5.82. The summed E-state index contributed by atoms with van der Waals surface area (Å²) >= 11 is 4.99. The zero-order valence-electron chi connectivity index (χ0n) is 12.8. The third kappa shape index (κ3) is 4.38. The Morgan fingerprint density at radius 3 is 2.96 bits per heavy atom. The Labute approximate surface area is 147 Å². The number of thiazole rings is 1. The second-order valence-electron chi connectivity index (χ2n) is 5.45. The highest BCUT2D eigenvalue weighted by Gasteiger charge is 2.16. The molecule has 7 heteroatoms. The molecule has 1 amide bonds. The van der Waals surface area contributed by atoms with Gasteiger partial charge < -0.3 is 10.1 Å². The van der Waals surface area contributed by atoms with Crippen LogP contribution in [-0.2, 0) is 11.3 Å². The number of nitrogens with zero attached hydrogens (tertiary/aromatic N) is 2. The van der Waals surface area contributed by atoms with Crippen molar-refractivity contribution < 1.29 is 9.53 Å². The predicted molar refractivity (Wildman–Crippen MR) is 95.0 cm³/mol. The van der Waals surface area contributed by atoms with Crippen molar-refractivity contribution in [2.45, 2.75) is 13.5 Å². The second kappa shape index (κ2) is 7.53. The highest BCUT2D eigenvalue weighted by molar-refractivity contribution is 9.10. The van der Waals surface area contributed by atoms with Crippen LogP contribution in [0, 0.1) is 6.92 Å². The fraction of sp³-hybridized carbons (Fsp3) is 0.375. The van der Waals surface area contributed by atoms with Gasteiger partial charge in [0.05, 0.1) is 25.4 Å². The first-order valence-corrected chi connectivity index (χ1v) is 9.11. The molecule has 1 aromatic heterocycles. The van der Waals surface area contributed by atoms with Crippen molar-refractivity contribution in [2.24, 2.45) is 0 Å². The van der Waals surface area contributed by atoms with Crippen LogP contribution >= 0.6 is 27.3 Å². The number of morpholine rings is 1. The maximum absolute atomic E-state index is 12.3. The number of carbonyl (C=O) groups excluding carboxylic acids is 1. The van der Waals surface area contributed by atoms with Crippen LogP contribution in [0.3, 0.4) is 0 Å². The fourth-order valence-electron chi connectivity index (χ4n) is 2.35. The Hall–Kier alpha value is -1.28. The summed E-state index contributed by atoms with van der Waals surface area (Å²) in [5.41, 5.74) is 2.35. The zero-order valence-corrected chi connectivity index (χ0v) is 15.2. The van der Waals surface area contributed by atoms with Gasteiger partial charge in [-0.25, -0.2) is 4.98 Å². The Kier molecular flexibility index (Phi) is 5.42. The standard InChI is InChI=1S/C16H18BrN3O2S/c1-11-2-3-13(12(17)8-11)19-16(21)14-10-23-15(18-14)9-20-4-6-22-7-5-20/h2-3,8,10H,4-7,9H2,1H3,(H,19,21). The van der Waals surface area contributed by atoms with Gasteiger partial charge in [-0.1, -0.05) is 6.07 Å². The number of halogens is 1. The minimum absolute atomic E-state index is 0.181. The molecule has 1 aromatic carbocycles. The molecule has 23 heavy (non-hydrogen) atoms. The quantitative estimate of drug-likeness (QED) is 0.862. The van der Waals surface area contributed by atoms with Crippen LogP contribution in [0.2, 0.25) is 0 Å². The lowest BCUT2D eigenvalue weighted by molar-refractivity contribution is 0.0341. The molecule has 0 spiro atoms. The van der Waals surface area contributed by atoms with Gasteiger partial charge in [0.15, 0.2) is 0 Å². The normalized spacial score (nSPS) is 15.6. The van der Waals surface area contributed by atoms with Crippen LogP contribution < -0.4 is 5.32 Å². The lowest BCUT2D eigenvalue weighted by atomic mass is 10.2. The molecule has 0 unspecified atom stereocenters. The number of hydrogen-bond donors (Lipinski definition) is 1. The molecule has 1 aliphatic heterocycles. The number of rotatable bonds is 4. The second-order valence-corrected chi connectivity index (χ2v) is 7.25. The Morgan fingerprint density at radius 1 is 1.43 bits per heavy atom. The minimum atomic E-state index is -0.181. The highest BCUT2D eigenvalue weighted by atomic mass is 79.9. The Morgan fingerprint density at radius 2 is 2.22 bits per heavy atom. The summed E-state index contributed by atoms with van der Waals surface area (Å²) < 4.78 is 6.21. The molecule has 1 saturated heterocycles. The molecular weight excluding hydrogens is 378 g/mol. The van der Waals surface area contributed by atoms with Crippen molar-refractivity contribution in [1.29, 1.82) is 0 Å². The number of hydrogen-bond acceptors (Lipinski definition) is 5. The van der Waals surface area contributed by atoms with E-state index in [0.717, 1.165) is 53.6 Å². The van der Waals surface area contributed by atoms with Crippen LogP contribution in [-0.4, -0.2) is 42.1 Å². The van der Waals surface area contributed by atoms with Crippen LogP contribution in [0.15, 0.2) is 28.1 Å². The summed E-state index contributed by atoms with van der Waals surface area (Å²) in [5.74, 6) is -0.181. The zero-order chi connectivity index (χ0) is 16.2. The van der Waals surface area contributed by atoms with E-state index in [-0.39, 0.29) is 5.91 Å². The average molecular weight is 396 g/mol. The summed E-state index contributed by atoms with van der Waals surface area (Å²) in [6.45, 7) is 6.14. The first-order valence-electron chi connectivity index (χ1n) is 7.44. The van der Waals surface area contributed by atoms with Crippen LogP contribution in [0.4, 0.5) is 5.69 Å². The van der Waals surface area contributed by atoms with E-state index in [4.69, 9.17) is 4.74 Å². The van der Waals surface area contributed by atoms with Crippen LogP contribution in [0.5, 0.6) is 0 Å². The molecule has 0 bridgehead atoms. The first-order chi connectivity index (χ1) is 11.1. The van der Waals surface area contributed by atoms with Gasteiger partial charge in [0.1, 0.15) is 10.7 Å². The molecule has 122 valence electrons.